The lowest BCUT2D eigenvalue weighted by atomic mass is 9.84. The molecule has 2 unspecified atom stereocenters. The second-order valence-corrected chi connectivity index (χ2v) is 6.22. The highest BCUT2D eigenvalue weighted by molar-refractivity contribution is 6.00. The lowest BCUT2D eigenvalue weighted by Gasteiger charge is -2.16. The number of hydrogen-bond donors (Lipinski definition) is 0. The van der Waals surface area contributed by atoms with E-state index in [0.29, 0.717) is 11.8 Å². The van der Waals surface area contributed by atoms with Gasteiger partial charge in [0.2, 0.25) is 0 Å². The van der Waals surface area contributed by atoms with Crippen molar-refractivity contribution in [1.82, 2.24) is 0 Å². The molecular formula is C20H20N+. The minimum Gasteiger partial charge on any atom is -0.208 e. The van der Waals surface area contributed by atoms with Gasteiger partial charge in [0.1, 0.15) is 7.05 Å². The van der Waals surface area contributed by atoms with E-state index in [9.17, 15) is 0 Å². The van der Waals surface area contributed by atoms with Crippen LogP contribution in [0.3, 0.4) is 0 Å². The molecule has 21 heavy (non-hydrogen) atoms. The number of allylic oxidation sites excluding steroid dienone is 1. The molecule has 2 aromatic rings. The predicted molar refractivity (Wildman–Crippen MR) is 88.0 cm³/mol. The Balaban J connectivity index is 2.03. The minimum absolute atomic E-state index is 0.396. The maximum atomic E-state index is 2.31. The second kappa shape index (κ2) is 4.42. The fourth-order valence-electron chi connectivity index (χ4n) is 3.99. The molecule has 0 saturated heterocycles. The summed E-state index contributed by atoms with van der Waals surface area (Å²) in [6.07, 6.45) is 4.51. The Morgan fingerprint density at radius 2 is 1.71 bits per heavy atom. The molecule has 0 radical (unpaired) electrons. The number of rotatable bonds is 1. The van der Waals surface area contributed by atoms with Gasteiger partial charge in [-0.3, -0.25) is 0 Å². The van der Waals surface area contributed by atoms with E-state index in [1.54, 1.807) is 0 Å². The van der Waals surface area contributed by atoms with Gasteiger partial charge in [0.15, 0.2) is 11.9 Å². The molecule has 0 amide bonds. The van der Waals surface area contributed by atoms with Crippen molar-refractivity contribution in [3.05, 3.63) is 71.4 Å². The van der Waals surface area contributed by atoms with E-state index in [2.05, 4.69) is 80.2 Å². The predicted octanol–water partition coefficient (Wildman–Crippen LogP) is 4.35. The highest BCUT2D eigenvalue weighted by atomic mass is 15.0. The largest absolute Gasteiger partial charge is 0.208 e. The number of benzene rings is 2. The van der Waals surface area contributed by atoms with Crippen LogP contribution in [0.25, 0.3) is 11.1 Å². The molecule has 1 heteroatoms. The fraction of sp³-hybridized carbons (Fsp3) is 0.250. The third kappa shape index (κ3) is 1.67. The summed E-state index contributed by atoms with van der Waals surface area (Å²) in [6, 6.07) is 15.6. The van der Waals surface area contributed by atoms with Crippen molar-refractivity contribution in [3.63, 3.8) is 0 Å². The summed E-state index contributed by atoms with van der Waals surface area (Å²) in [5.74, 6) is 0.894. The number of fused-ring (bicyclic) bond motifs is 3. The van der Waals surface area contributed by atoms with Gasteiger partial charge in [-0.25, -0.2) is 4.58 Å². The van der Waals surface area contributed by atoms with Gasteiger partial charge < -0.3 is 0 Å². The molecule has 0 N–H and O–H groups in total. The summed E-state index contributed by atoms with van der Waals surface area (Å²) in [7, 11) is 2.17. The Morgan fingerprint density at radius 3 is 2.48 bits per heavy atom. The molecule has 104 valence electrons. The van der Waals surface area contributed by atoms with Crippen molar-refractivity contribution in [2.45, 2.75) is 19.8 Å². The van der Waals surface area contributed by atoms with Gasteiger partial charge in [-0.05, 0) is 47.7 Å². The maximum absolute atomic E-state index is 2.31. The Labute approximate surface area is 126 Å². The highest BCUT2D eigenvalue weighted by Crippen LogP contribution is 2.48. The fourth-order valence-corrected chi connectivity index (χ4v) is 3.99. The zero-order valence-corrected chi connectivity index (χ0v) is 12.8. The van der Waals surface area contributed by atoms with E-state index in [0.717, 1.165) is 0 Å². The quantitative estimate of drug-likeness (QED) is 0.680. The van der Waals surface area contributed by atoms with Crippen LogP contribution in [0.2, 0.25) is 0 Å². The van der Waals surface area contributed by atoms with Crippen LogP contribution in [-0.2, 0) is 0 Å². The standard InChI is InChI=1S/C20H20N/c1-13-7-6-10-16-15-8-4-5-9-17(15)19(18(13)16)20-14(2)11-12-21(20)3/h4-12,14,19H,1-3H3/q+1. The summed E-state index contributed by atoms with van der Waals surface area (Å²) in [5, 5.41) is 0. The third-order valence-electron chi connectivity index (χ3n) is 4.94. The zero-order valence-electron chi connectivity index (χ0n) is 12.8. The van der Waals surface area contributed by atoms with Crippen molar-refractivity contribution in [1.29, 1.82) is 0 Å². The first-order chi connectivity index (χ1) is 10.2. The maximum Gasteiger partial charge on any atom is 0.176 e. The van der Waals surface area contributed by atoms with Gasteiger partial charge in [-0.1, -0.05) is 42.5 Å². The highest BCUT2D eigenvalue weighted by Gasteiger charge is 2.40. The Kier molecular flexibility index (Phi) is 2.65. The Bertz CT molecular complexity index is 795. The minimum atomic E-state index is 0.396. The van der Waals surface area contributed by atoms with Crippen LogP contribution < -0.4 is 0 Å². The average molecular weight is 274 g/mol. The zero-order chi connectivity index (χ0) is 14.6. The van der Waals surface area contributed by atoms with Gasteiger partial charge in [-0.2, -0.15) is 0 Å². The van der Waals surface area contributed by atoms with Crippen molar-refractivity contribution < 1.29 is 4.58 Å². The molecule has 0 fully saturated rings. The van der Waals surface area contributed by atoms with Crippen LogP contribution in [0.5, 0.6) is 0 Å². The van der Waals surface area contributed by atoms with Crippen LogP contribution in [0.4, 0.5) is 0 Å². The first-order valence-electron chi connectivity index (χ1n) is 7.65. The van der Waals surface area contributed by atoms with Gasteiger partial charge >= 0.3 is 0 Å². The van der Waals surface area contributed by atoms with E-state index in [1.807, 2.05) is 0 Å². The summed E-state index contributed by atoms with van der Waals surface area (Å²) in [4.78, 5) is 0. The van der Waals surface area contributed by atoms with Crippen LogP contribution in [0, 0.1) is 12.8 Å². The molecule has 1 aliphatic carbocycles. The first-order valence-corrected chi connectivity index (χ1v) is 7.65. The van der Waals surface area contributed by atoms with Crippen LogP contribution >= 0.6 is 0 Å². The van der Waals surface area contributed by atoms with Crippen molar-refractivity contribution in [2.24, 2.45) is 5.92 Å². The molecule has 0 aromatic heterocycles. The monoisotopic (exact) mass is 274 g/mol. The molecule has 1 nitrogen and oxygen atoms in total. The lowest BCUT2D eigenvalue weighted by Crippen LogP contribution is -2.23. The molecular weight excluding hydrogens is 254 g/mol. The second-order valence-electron chi connectivity index (χ2n) is 6.22. The lowest BCUT2D eigenvalue weighted by molar-refractivity contribution is -0.421. The Morgan fingerprint density at radius 1 is 0.952 bits per heavy atom. The van der Waals surface area contributed by atoms with Crippen molar-refractivity contribution in [2.75, 3.05) is 7.05 Å². The average Bonchev–Trinajstić information content (AvgIpc) is 2.98. The molecule has 1 aliphatic heterocycles. The van der Waals surface area contributed by atoms with Gasteiger partial charge in [0.05, 0.1) is 11.8 Å². The summed E-state index contributed by atoms with van der Waals surface area (Å²) in [6.45, 7) is 4.54. The molecule has 2 aromatic carbocycles. The molecule has 0 spiro atoms. The van der Waals surface area contributed by atoms with E-state index in [1.165, 1.54) is 33.5 Å². The van der Waals surface area contributed by atoms with Crippen molar-refractivity contribution >= 4 is 5.71 Å². The summed E-state index contributed by atoms with van der Waals surface area (Å²) in [5.41, 5.74) is 8.66. The molecule has 0 bridgehead atoms. The molecule has 4 rings (SSSR count). The van der Waals surface area contributed by atoms with Crippen LogP contribution in [0.1, 0.15) is 29.5 Å². The smallest absolute Gasteiger partial charge is 0.176 e. The third-order valence-corrected chi connectivity index (χ3v) is 4.94. The number of nitrogens with zero attached hydrogens (tertiary/aromatic N) is 1. The van der Waals surface area contributed by atoms with Gasteiger partial charge in [0.25, 0.3) is 0 Å². The van der Waals surface area contributed by atoms with Gasteiger partial charge in [-0.15, -0.1) is 0 Å². The first kappa shape index (κ1) is 12.6. The van der Waals surface area contributed by atoms with E-state index in [4.69, 9.17) is 0 Å². The Hall–Kier alpha value is -2.15. The van der Waals surface area contributed by atoms with Crippen molar-refractivity contribution in [3.8, 4) is 11.1 Å². The number of hydrogen-bond acceptors (Lipinski definition) is 0. The summed E-state index contributed by atoms with van der Waals surface area (Å²) >= 11 is 0. The van der Waals surface area contributed by atoms with E-state index in [-0.39, 0.29) is 0 Å². The molecule has 2 atom stereocenters. The molecule has 2 aliphatic rings. The molecule has 0 saturated carbocycles. The topological polar surface area (TPSA) is 3.01 Å². The van der Waals surface area contributed by atoms with E-state index >= 15 is 0 Å². The summed E-state index contributed by atoms with van der Waals surface area (Å²) < 4.78 is 2.31. The number of aryl methyl sites for hydroxylation is 1. The van der Waals surface area contributed by atoms with Crippen LogP contribution in [-0.4, -0.2) is 17.3 Å². The SMILES string of the molecule is Cc1cccc2c1C(C1=[N+](C)C=CC1C)c1ccccc1-2. The molecule has 1 heterocycles. The van der Waals surface area contributed by atoms with E-state index < -0.39 is 0 Å². The van der Waals surface area contributed by atoms with Crippen LogP contribution in [0.15, 0.2) is 54.7 Å². The normalized spacial score (nSPS) is 22.6. The van der Waals surface area contributed by atoms with Gasteiger partial charge in [0, 0.05) is 0 Å².